The Morgan fingerprint density at radius 2 is 1.86 bits per heavy atom. The van der Waals surface area contributed by atoms with E-state index in [-0.39, 0.29) is 24.3 Å². The number of aromatic carboxylic acids is 1. The molecule has 0 unspecified atom stereocenters. The Kier molecular flexibility index (Phi) is 7.70. The Hall–Kier alpha value is -3.43. The Bertz CT molecular complexity index is 1100. The molecule has 0 radical (unpaired) electrons. The van der Waals surface area contributed by atoms with Crippen LogP contribution >= 0.6 is 0 Å². The number of ether oxygens (including phenoxy) is 1. The first-order valence-electron chi connectivity index (χ1n) is 8.86. The zero-order chi connectivity index (χ0) is 21.4. The van der Waals surface area contributed by atoms with Crippen molar-refractivity contribution in [3.63, 3.8) is 0 Å². The van der Waals surface area contributed by atoms with Crippen LogP contribution in [0.25, 0.3) is 10.8 Å². The molecule has 0 atom stereocenters. The zero-order valence-corrected chi connectivity index (χ0v) is 15.9. The monoisotopic (exact) mass is 401 g/mol. The van der Waals surface area contributed by atoms with Crippen molar-refractivity contribution in [3.8, 4) is 5.75 Å². The third-order valence-corrected chi connectivity index (χ3v) is 4.21. The Labute approximate surface area is 165 Å². The Balaban J connectivity index is 0.000000687. The summed E-state index contributed by atoms with van der Waals surface area (Å²) < 4.78 is 5.25. The van der Waals surface area contributed by atoms with Gasteiger partial charge in [0.05, 0.1) is 13.7 Å². The number of fused-ring (bicyclic) bond motifs is 1. The van der Waals surface area contributed by atoms with Gasteiger partial charge in [-0.1, -0.05) is 24.3 Å². The minimum absolute atomic E-state index is 0.0481. The minimum Gasteiger partial charge on any atom is -0.497 e. The highest BCUT2D eigenvalue weighted by Crippen LogP contribution is 2.25. The van der Waals surface area contributed by atoms with Gasteiger partial charge >= 0.3 is 11.7 Å². The molecule has 1 heterocycles. The molecule has 0 fully saturated rings. The minimum atomic E-state index is -1.34. The van der Waals surface area contributed by atoms with Gasteiger partial charge in [0.1, 0.15) is 11.4 Å². The van der Waals surface area contributed by atoms with Gasteiger partial charge in [0, 0.05) is 12.1 Å². The SMILES string of the molecule is COc1ccc2cccc(CCc3c(C(=O)O)[nH]c(=O)[nH]c3=O)c2c1.NCCO. The first kappa shape index (κ1) is 21.9. The third kappa shape index (κ3) is 5.53. The third-order valence-electron chi connectivity index (χ3n) is 4.21. The van der Waals surface area contributed by atoms with Crippen LogP contribution in [0.4, 0.5) is 0 Å². The second kappa shape index (κ2) is 10.2. The number of aromatic nitrogens is 2. The van der Waals surface area contributed by atoms with Crippen molar-refractivity contribution in [1.82, 2.24) is 9.97 Å². The normalized spacial score (nSPS) is 10.3. The number of nitrogens with two attached hydrogens (primary N) is 1. The smallest absolute Gasteiger partial charge is 0.352 e. The largest absolute Gasteiger partial charge is 0.497 e. The number of carbonyl (C=O) groups is 1. The summed E-state index contributed by atoms with van der Waals surface area (Å²) in [7, 11) is 1.59. The highest BCUT2D eigenvalue weighted by Gasteiger charge is 2.16. The average Bonchev–Trinajstić information content (AvgIpc) is 2.72. The number of H-pyrrole nitrogens is 2. The molecule has 0 aliphatic heterocycles. The predicted molar refractivity (Wildman–Crippen MR) is 109 cm³/mol. The number of hydrogen-bond acceptors (Lipinski definition) is 6. The molecule has 0 spiro atoms. The van der Waals surface area contributed by atoms with Gasteiger partial charge in [-0.15, -0.1) is 0 Å². The van der Waals surface area contributed by atoms with Gasteiger partial charge in [0.15, 0.2) is 0 Å². The maximum Gasteiger partial charge on any atom is 0.352 e. The lowest BCUT2D eigenvalue weighted by Gasteiger charge is -2.09. The number of aromatic amines is 2. The van der Waals surface area contributed by atoms with E-state index in [1.807, 2.05) is 36.4 Å². The molecule has 0 bridgehead atoms. The van der Waals surface area contributed by atoms with Crippen molar-refractivity contribution >= 4 is 16.7 Å². The molecular weight excluding hydrogens is 378 g/mol. The van der Waals surface area contributed by atoms with Crippen LogP contribution < -0.4 is 21.7 Å². The summed E-state index contributed by atoms with van der Waals surface area (Å²) in [5, 5.41) is 19.0. The van der Waals surface area contributed by atoms with E-state index in [0.29, 0.717) is 18.7 Å². The first-order valence-corrected chi connectivity index (χ1v) is 8.86. The number of nitrogens with one attached hydrogen (secondary N) is 2. The van der Waals surface area contributed by atoms with Gasteiger partial charge in [0.2, 0.25) is 0 Å². The van der Waals surface area contributed by atoms with E-state index in [9.17, 15) is 19.5 Å². The van der Waals surface area contributed by atoms with E-state index in [1.54, 1.807) is 7.11 Å². The van der Waals surface area contributed by atoms with E-state index in [4.69, 9.17) is 15.6 Å². The Morgan fingerprint density at radius 3 is 2.48 bits per heavy atom. The van der Waals surface area contributed by atoms with Crippen molar-refractivity contribution in [1.29, 1.82) is 0 Å². The van der Waals surface area contributed by atoms with Crippen LogP contribution in [0.5, 0.6) is 5.75 Å². The highest BCUT2D eigenvalue weighted by molar-refractivity contribution is 5.88. The molecule has 154 valence electrons. The van der Waals surface area contributed by atoms with Crippen molar-refractivity contribution in [2.75, 3.05) is 20.3 Å². The number of benzene rings is 2. The number of aliphatic hydroxyl groups is 1. The van der Waals surface area contributed by atoms with Crippen LogP contribution in [-0.2, 0) is 12.8 Å². The van der Waals surface area contributed by atoms with E-state index >= 15 is 0 Å². The van der Waals surface area contributed by atoms with E-state index in [2.05, 4.69) is 9.97 Å². The van der Waals surface area contributed by atoms with Crippen molar-refractivity contribution in [2.45, 2.75) is 12.8 Å². The maximum absolute atomic E-state index is 12.0. The number of carboxylic acids is 1. The van der Waals surface area contributed by atoms with E-state index in [1.165, 1.54) is 0 Å². The van der Waals surface area contributed by atoms with Gasteiger partial charge in [-0.25, -0.2) is 9.59 Å². The molecule has 9 heteroatoms. The van der Waals surface area contributed by atoms with Crippen LogP contribution in [0, 0.1) is 0 Å². The lowest BCUT2D eigenvalue weighted by Crippen LogP contribution is -2.30. The van der Waals surface area contributed by atoms with Crippen molar-refractivity contribution in [2.24, 2.45) is 5.73 Å². The summed E-state index contributed by atoms with van der Waals surface area (Å²) >= 11 is 0. The standard InChI is InChI=1S/C18H16N2O5.C2H7NO/c1-25-12-7-5-10-3-2-4-11(14(10)9-12)6-8-13-15(17(22)23)19-18(24)20-16(13)21;3-1-2-4/h2-5,7,9H,6,8H2,1H3,(H,22,23)(H2,19,20,21,24);4H,1-3H2. The highest BCUT2D eigenvalue weighted by atomic mass is 16.5. The molecule has 2 aromatic carbocycles. The number of rotatable bonds is 6. The summed E-state index contributed by atoms with van der Waals surface area (Å²) in [6.45, 7) is 0.472. The summed E-state index contributed by atoms with van der Waals surface area (Å²) in [6, 6.07) is 11.5. The van der Waals surface area contributed by atoms with Gasteiger partial charge in [-0.3, -0.25) is 9.78 Å². The topological polar surface area (TPSA) is 158 Å². The van der Waals surface area contributed by atoms with Gasteiger partial charge in [-0.2, -0.15) is 0 Å². The van der Waals surface area contributed by atoms with Crippen LogP contribution in [0.15, 0.2) is 46.0 Å². The Morgan fingerprint density at radius 1 is 1.14 bits per heavy atom. The molecule has 1 aromatic heterocycles. The molecule has 0 aliphatic carbocycles. The van der Waals surface area contributed by atoms with Crippen molar-refractivity contribution in [3.05, 3.63) is 74.1 Å². The molecule has 3 rings (SSSR count). The molecular formula is C20H23N3O6. The summed E-state index contributed by atoms with van der Waals surface area (Å²) in [6.07, 6.45) is 0.629. The second-order valence-electron chi connectivity index (χ2n) is 6.08. The average molecular weight is 401 g/mol. The molecule has 0 saturated carbocycles. The van der Waals surface area contributed by atoms with E-state index < -0.39 is 17.2 Å². The first-order chi connectivity index (χ1) is 13.9. The van der Waals surface area contributed by atoms with E-state index in [0.717, 1.165) is 16.3 Å². The van der Waals surface area contributed by atoms with Gasteiger partial charge < -0.3 is 25.7 Å². The molecule has 6 N–H and O–H groups in total. The molecule has 9 nitrogen and oxygen atoms in total. The van der Waals surface area contributed by atoms with Crippen molar-refractivity contribution < 1.29 is 19.7 Å². The quantitative estimate of drug-likeness (QED) is 0.405. The molecule has 0 saturated heterocycles. The number of methoxy groups -OCH3 is 1. The lowest BCUT2D eigenvalue weighted by atomic mass is 9.98. The summed E-state index contributed by atoms with van der Waals surface area (Å²) in [5.41, 5.74) is 3.90. The van der Waals surface area contributed by atoms with Gasteiger partial charge in [0.25, 0.3) is 5.56 Å². The van der Waals surface area contributed by atoms with Crippen LogP contribution in [-0.4, -0.2) is 46.4 Å². The second-order valence-corrected chi connectivity index (χ2v) is 6.08. The number of aliphatic hydroxyl groups excluding tert-OH is 1. The molecule has 0 amide bonds. The predicted octanol–water partition coefficient (Wildman–Crippen LogP) is 0.646. The summed E-state index contributed by atoms with van der Waals surface area (Å²) in [5.74, 6) is -0.620. The van der Waals surface area contributed by atoms with Crippen LogP contribution in [0.3, 0.4) is 0 Å². The zero-order valence-electron chi connectivity index (χ0n) is 15.9. The lowest BCUT2D eigenvalue weighted by molar-refractivity contribution is 0.0688. The number of hydrogen-bond donors (Lipinski definition) is 5. The van der Waals surface area contributed by atoms with Crippen LogP contribution in [0.2, 0.25) is 0 Å². The summed E-state index contributed by atoms with van der Waals surface area (Å²) in [4.78, 5) is 38.8. The molecule has 3 aromatic rings. The fourth-order valence-electron chi connectivity index (χ4n) is 2.85. The number of carboxylic acid groups (broad SMARTS) is 1. The molecule has 0 aliphatic rings. The number of aryl methyl sites for hydroxylation is 1. The fraction of sp³-hybridized carbons (Fsp3) is 0.250. The van der Waals surface area contributed by atoms with Gasteiger partial charge in [-0.05, 0) is 41.3 Å². The molecule has 29 heavy (non-hydrogen) atoms. The fourth-order valence-corrected chi connectivity index (χ4v) is 2.85. The maximum atomic E-state index is 12.0. The van der Waals surface area contributed by atoms with Crippen LogP contribution in [0.1, 0.15) is 21.6 Å².